The van der Waals surface area contributed by atoms with Crippen molar-refractivity contribution in [1.82, 2.24) is 5.32 Å². The fraction of sp³-hybridized carbons (Fsp3) is 0.267. The molecular weight excluding hydrogens is 240 g/mol. The van der Waals surface area contributed by atoms with Crippen LogP contribution in [0.5, 0.6) is 0 Å². The Bertz CT molecular complexity index is 535. The predicted molar refractivity (Wildman–Crippen MR) is 75.2 cm³/mol. The Labute approximate surface area is 112 Å². The number of hydrogen-bond donors (Lipinski definition) is 2. The Hall–Kier alpha value is -2.07. The number of carbonyl (C=O) groups is 1. The molecule has 1 atom stereocenters. The minimum atomic E-state index is -0.165. The Kier molecular flexibility index (Phi) is 4.36. The van der Waals surface area contributed by atoms with Crippen LogP contribution >= 0.6 is 0 Å². The number of benzene rings is 1. The van der Waals surface area contributed by atoms with Gasteiger partial charge < -0.3 is 15.1 Å². The number of furan rings is 1. The molecule has 0 aliphatic heterocycles. The zero-order valence-electron chi connectivity index (χ0n) is 11.1. The van der Waals surface area contributed by atoms with E-state index in [4.69, 9.17) is 4.42 Å². The van der Waals surface area contributed by atoms with Crippen molar-refractivity contribution in [2.24, 2.45) is 0 Å². The molecule has 1 aromatic carbocycles. The van der Waals surface area contributed by atoms with E-state index in [9.17, 15) is 4.79 Å². The zero-order valence-corrected chi connectivity index (χ0v) is 11.1. The largest absolute Gasteiger partial charge is 0.472 e. The molecule has 0 saturated heterocycles. The lowest BCUT2D eigenvalue weighted by Gasteiger charge is -2.14. The van der Waals surface area contributed by atoms with Crippen molar-refractivity contribution in [3.63, 3.8) is 0 Å². The fourth-order valence-corrected chi connectivity index (χ4v) is 1.91. The molecule has 0 bridgehead atoms. The first-order valence-corrected chi connectivity index (χ1v) is 6.37. The van der Waals surface area contributed by atoms with E-state index in [0.717, 1.165) is 17.8 Å². The highest BCUT2D eigenvalue weighted by molar-refractivity contribution is 6.04. The molecule has 0 aliphatic rings. The summed E-state index contributed by atoms with van der Waals surface area (Å²) >= 11 is 0. The van der Waals surface area contributed by atoms with Crippen LogP contribution < -0.4 is 10.6 Å². The topological polar surface area (TPSA) is 54.3 Å². The van der Waals surface area contributed by atoms with Crippen molar-refractivity contribution in [1.29, 1.82) is 0 Å². The smallest absolute Gasteiger partial charge is 0.258 e. The minimum Gasteiger partial charge on any atom is -0.472 e. The number of amides is 1. The van der Waals surface area contributed by atoms with Crippen LogP contribution in [0.25, 0.3) is 0 Å². The van der Waals surface area contributed by atoms with Crippen molar-refractivity contribution in [3.05, 3.63) is 54.0 Å². The molecule has 0 aliphatic carbocycles. The first-order chi connectivity index (χ1) is 9.20. The van der Waals surface area contributed by atoms with Crippen molar-refractivity contribution in [3.8, 4) is 0 Å². The fourth-order valence-electron chi connectivity index (χ4n) is 1.91. The van der Waals surface area contributed by atoms with Crippen LogP contribution in [-0.4, -0.2) is 12.5 Å². The SMILES string of the molecule is CCNC(C)c1cccc(NC(=O)c2ccoc2)c1. The lowest BCUT2D eigenvalue weighted by molar-refractivity contribution is 0.102. The maximum Gasteiger partial charge on any atom is 0.258 e. The van der Waals surface area contributed by atoms with Crippen LogP contribution in [0.4, 0.5) is 5.69 Å². The monoisotopic (exact) mass is 258 g/mol. The summed E-state index contributed by atoms with van der Waals surface area (Å²) in [5, 5.41) is 6.20. The number of anilines is 1. The molecule has 4 heteroatoms. The third kappa shape index (κ3) is 3.45. The highest BCUT2D eigenvalue weighted by Gasteiger charge is 2.09. The van der Waals surface area contributed by atoms with Crippen LogP contribution in [0.15, 0.2) is 47.3 Å². The van der Waals surface area contributed by atoms with E-state index < -0.39 is 0 Å². The molecule has 0 radical (unpaired) electrons. The van der Waals surface area contributed by atoms with Crippen LogP contribution in [0, 0.1) is 0 Å². The van der Waals surface area contributed by atoms with Gasteiger partial charge in [-0.15, -0.1) is 0 Å². The summed E-state index contributed by atoms with van der Waals surface area (Å²) in [6.45, 7) is 5.08. The average molecular weight is 258 g/mol. The van der Waals surface area contributed by atoms with Crippen LogP contribution in [-0.2, 0) is 0 Å². The maximum absolute atomic E-state index is 11.9. The molecule has 1 aromatic heterocycles. The Morgan fingerprint density at radius 1 is 1.37 bits per heavy atom. The summed E-state index contributed by atoms with van der Waals surface area (Å²) in [7, 11) is 0. The molecule has 1 unspecified atom stereocenters. The maximum atomic E-state index is 11.9. The summed E-state index contributed by atoms with van der Waals surface area (Å²) in [4.78, 5) is 11.9. The van der Waals surface area contributed by atoms with Gasteiger partial charge in [-0.25, -0.2) is 0 Å². The van der Waals surface area contributed by atoms with Gasteiger partial charge in [0.15, 0.2) is 0 Å². The summed E-state index contributed by atoms with van der Waals surface area (Å²) in [5.74, 6) is -0.165. The Balaban J connectivity index is 2.09. The summed E-state index contributed by atoms with van der Waals surface area (Å²) in [5.41, 5.74) is 2.45. The molecule has 1 amide bonds. The molecule has 100 valence electrons. The van der Waals surface area contributed by atoms with Gasteiger partial charge in [0, 0.05) is 11.7 Å². The molecule has 0 spiro atoms. The normalized spacial score (nSPS) is 12.1. The van der Waals surface area contributed by atoms with Gasteiger partial charge in [0.25, 0.3) is 5.91 Å². The van der Waals surface area contributed by atoms with Gasteiger partial charge in [-0.05, 0) is 37.2 Å². The molecular formula is C15H18N2O2. The summed E-state index contributed by atoms with van der Waals surface area (Å²) < 4.78 is 4.90. The van der Waals surface area contributed by atoms with Gasteiger partial charge in [-0.2, -0.15) is 0 Å². The molecule has 0 saturated carbocycles. The zero-order chi connectivity index (χ0) is 13.7. The van der Waals surface area contributed by atoms with E-state index in [1.807, 2.05) is 24.3 Å². The van der Waals surface area contributed by atoms with E-state index in [0.29, 0.717) is 5.56 Å². The summed E-state index contributed by atoms with van der Waals surface area (Å²) in [6.07, 6.45) is 2.92. The summed E-state index contributed by atoms with van der Waals surface area (Å²) in [6, 6.07) is 9.73. The van der Waals surface area contributed by atoms with Gasteiger partial charge in [0.05, 0.1) is 11.8 Å². The quantitative estimate of drug-likeness (QED) is 0.866. The number of hydrogen-bond acceptors (Lipinski definition) is 3. The van der Waals surface area contributed by atoms with E-state index in [-0.39, 0.29) is 11.9 Å². The Morgan fingerprint density at radius 2 is 2.21 bits per heavy atom. The van der Waals surface area contributed by atoms with Crippen LogP contribution in [0.2, 0.25) is 0 Å². The highest BCUT2D eigenvalue weighted by Crippen LogP contribution is 2.18. The predicted octanol–water partition coefficient (Wildman–Crippen LogP) is 3.20. The van der Waals surface area contributed by atoms with Crippen molar-refractivity contribution < 1.29 is 9.21 Å². The standard InChI is InChI=1S/C15H18N2O2/c1-3-16-11(2)12-5-4-6-14(9-12)17-15(18)13-7-8-19-10-13/h4-11,16H,3H2,1-2H3,(H,17,18). The van der Waals surface area contributed by atoms with E-state index >= 15 is 0 Å². The van der Waals surface area contributed by atoms with Crippen LogP contribution in [0.1, 0.15) is 35.8 Å². The van der Waals surface area contributed by atoms with Gasteiger partial charge in [0.2, 0.25) is 0 Å². The molecule has 0 fully saturated rings. The van der Waals surface area contributed by atoms with E-state index in [1.54, 1.807) is 6.07 Å². The van der Waals surface area contributed by atoms with E-state index in [1.165, 1.54) is 12.5 Å². The minimum absolute atomic E-state index is 0.165. The van der Waals surface area contributed by atoms with Gasteiger partial charge in [0.1, 0.15) is 6.26 Å². The third-order valence-electron chi connectivity index (χ3n) is 2.94. The first kappa shape index (κ1) is 13.4. The van der Waals surface area contributed by atoms with Gasteiger partial charge in [-0.3, -0.25) is 4.79 Å². The molecule has 2 N–H and O–H groups in total. The van der Waals surface area contributed by atoms with Gasteiger partial charge in [-0.1, -0.05) is 19.1 Å². The molecule has 1 heterocycles. The number of rotatable bonds is 5. The third-order valence-corrected chi connectivity index (χ3v) is 2.94. The van der Waals surface area contributed by atoms with Crippen molar-refractivity contribution >= 4 is 11.6 Å². The second-order valence-electron chi connectivity index (χ2n) is 4.37. The second kappa shape index (κ2) is 6.20. The van der Waals surface area contributed by atoms with Crippen molar-refractivity contribution in [2.45, 2.75) is 19.9 Å². The molecule has 4 nitrogen and oxygen atoms in total. The lowest BCUT2D eigenvalue weighted by atomic mass is 10.1. The highest BCUT2D eigenvalue weighted by atomic mass is 16.3. The van der Waals surface area contributed by atoms with E-state index in [2.05, 4.69) is 24.5 Å². The molecule has 19 heavy (non-hydrogen) atoms. The second-order valence-corrected chi connectivity index (χ2v) is 4.37. The first-order valence-electron chi connectivity index (χ1n) is 6.37. The number of carbonyl (C=O) groups excluding carboxylic acids is 1. The van der Waals surface area contributed by atoms with Crippen molar-refractivity contribution in [2.75, 3.05) is 11.9 Å². The average Bonchev–Trinajstić information content (AvgIpc) is 2.93. The number of nitrogens with one attached hydrogen (secondary N) is 2. The molecule has 2 rings (SSSR count). The molecule has 2 aromatic rings. The van der Waals surface area contributed by atoms with Gasteiger partial charge >= 0.3 is 0 Å². The lowest BCUT2D eigenvalue weighted by Crippen LogP contribution is -2.18. The Morgan fingerprint density at radius 3 is 2.89 bits per heavy atom. The van der Waals surface area contributed by atoms with Crippen LogP contribution in [0.3, 0.4) is 0 Å².